The van der Waals surface area contributed by atoms with E-state index in [1.54, 1.807) is 199 Å². The molecular weight excluding hydrogens is 1960 g/mol. The average Bonchev–Trinajstić information content (AvgIpc) is 1.65. The molecule has 8 aliphatic heterocycles. The molecule has 4 unspecified atom stereocenters. The molecule has 2 amide bonds. The normalized spacial score (nSPS) is 36.3. The summed E-state index contributed by atoms with van der Waals surface area (Å²) in [6, 6.07) is 31.2. The van der Waals surface area contributed by atoms with Gasteiger partial charge in [0.2, 0.25) is 6.29 Å². The number of morpholine rings is 2. The number of nitrogens with zero attached hydrogens (tertiary/aromatic N) is 1. The Morgan fingerprint density at radius 3 is 1.28 bits per heavy atom. The van der Waals surface area contributed by atoms with Gasteiger partial charge in [-0.3, -0.25) is 19.3 Å². The van der Waals surface area contributed by atoms with Crippen molar-refractivity contribution in [3.63, 3.8) is 0 Å². The summed E-state index contributed by atoms with van der Waals surface area (Å²) in [6.45, 7) is 29.7. The lowest BCUT2D eigenvalue weighted by atomic mass is 9.44. The first-order valence-electron chi connectivity index (χ1n) is 47.1. The Labute approximate surface area is 840 Å². The number of alkyl carbamates (subject to hydrolysis) is 2. The lowest BCUT2D eigenvalue weighted by Gasteiger charge is -2.68. The predicted molar refractivity (Wildman–Crippen MR) is 514 cm³/mol. The van der Waals surface area contributed by atoms with Gasteiger partial charge in [-0.1, -0.05) is 146 Å². The predicted octanol–water partition coefficient (Wildman–Crippen LogP) is 8.83. The molecular formula is C102H140ClIN4O32. The molecule has 10 N–H and O–H groups in total. The summed E-state index contributed by atoms with van der Waals surface area (Å²) >= 11 is 0. The molecule has 14 aliphatic rings. The smallest absolute Gasteiger partial charge is 0.408 e. The van der Waals surface area contributed by atoms with E-state index in [1.165, 1.54) is 32.4 Å². The standard InChI is InChI=1S/C50H64N2O15.C45H55NO15.C5H9NO.CH4O.CH4.ClH.HI.H2/c1-26-32(62-44(57)38(55)37(28-15-11-9-12-16-28)51-45(58)67-46(3,4)5)21-50(59)42(65-43(56)29-17-13-10-14-18-29)40-48(8,33(54)20-34-49(40,25-61-34)66-27(2)53)41-39(36(26)47(50,6)7)63-35(64-41)23-52-22-31-19-30(52)24-60-31;1-23-27(56-39(52)33(50)32(25-15-11-9-12-16-25)46-40(53)61-41(3,4)5)20-45(54)37(59-38(51)26-17-13-10-14-18-26)35-43(8,28(49)19-29-44(35,22-55-29)60-24(2)48)36-34(31(23)42(45,6)7)57-30(21-47)58-36;1-4-3-7-5(1)2-6-4;1-2;;;;/h9-18,30-35,37-42,54-55,59H,19-25H2,1-8H3,(H,51,58);9-18,21,27-30,32-37,49-50,54H,19-20,22H2,1-8H3,(H,46,53);4-6H,1-3H2;2H,1H3;1H4;3*1H/t30-,31-,32-,33-,34?,35?,37-,38+,39+,40-,41+,42-,48+,49-,50+;27-,28-,29?,30?,32-,33+,34+,35-,36+,37-,43+,44-,45+;4-,5-;;;;;/m000...../s1. The number of carbonyl (C=O) groups excluding carboxylic acids is 9. The van der Waals surface area contributed by atoms with Crippen molar-refractivity contribution < 1.29 is 156 Å². The molecule has 774 valence electrons. The zero-order chi connectivity index (χ0) is 99.1. The third-order valence-electron chi connectivity index (χ3n) is 30.9. The van der Waals surface area contributed by atoms with E-state index in [0.29, 0.717) is 71.5 Å². The quantitative estimate of drug-likeness (QED) is 0.0138. The summed E-state index contributed by atoms with van der Waals surface area (Å²) in [6.07, 6.45) is -20.3. The summed E-state index contributed by atoms with van der Waals surface area (Å²) in [5.74, 6) is -7.82. The van der Waals surface area contributed by atoms with Crippen LogP contribution in [0.1, 0.15) is 202 Å². The molecule has 30 atom stereocenters. The Hall–Kier alpha value is -8.27. The highest BCUT2D eigenvalue weighted by Crippen LogP contribution is 2.70. The Balaban J connectivity index is 0.000000241. The van der Waals surface area contributed by atoms with Gasteiger partial charge in [-0.2, -0.15) is 0 Å². The number of benzene rings is 4. The largest absolute Gasteiger partial charge is 0.456 e. The SMILES string of the molecule is C.C1O[C@@H]2CN[C@H]1C2.CC(=O)O[C@@]12COC1C[C@H](O)[C@@]1(C)[C@@H]3OC(C=O)O[C@@H]3C3=C(C)[C@@H](OC(=O)[C@H](O)[C@@H](NC(=O)OC(C)(C)C)c4ccccc4)C[C@@](O)([C@@H](OC(=O)c4ccccc4)[C@@H]12)C3(C)C.CC(=O)O[C@@]12COC1C[C@H](O)[C@@]1(C)[C@@H]3OC(CN4C[C@@H]5C[C@H]4CO5)O[C@@H]3C3=C(C)[C@@H](OC(=O)[C@H](O)[C@@H](NC(=O)OC(C)(C)C)c4ccccc4)C[C@@](O)([C@@H](OC(=O)c4ccccc4)[C@@H]12)C3(C)C.CO.Cl.I.[HH]. The van der Waals surface area contributed by atoms with Crippen LogP contribution in [0.5, 0.6) is 0 Å². The lowest BCUT2D eigenvalue weighted by molar-refractivity contribution is -0.362. The number of aldehydes is 1. The van der Waals surface area contributed by atoms with E-state index in [2.05, 4.69) is 20.9 Å². The second-order valence-corrected chi connectivity index (χ2v) is 42.0. The summed E-state index contributed by atoms with van der Waals surface area (Å²) < 4.78 is 99.2. The van der Waals surface area contributed by atoms with Crippen LogP contribution in [0, 0.1) is 33.5 Å². The molecule has 140 heavy (non-hydrogen) atoms. The number of nitrogens with one attached hydrogen (secondary N) is 3. The molecule has 18 rings (SSSR count). The molecule has 38 heteroatoms. The van der Waals surface area contributed by atoms with Crippen LogP contribution >= 0.6 is 36.4 Å². The van der Waals surface area contributed by atoms with Gasteiger partial charge in [-0.25, -0.2) is 28.8 Å². The number of hydrogen-bond acceptors (Lipinski definition) is 34. The second-order valence-electron chi connectivity index (χ2n) is 42.0. The van der Waals surface area contributed by atoms with Crippen molar-refractivity contribution in [3.8, 4) is 0 Å². The van der Waals surface area contributed by atoms with E-state index in [9.17, 15) is 73.8 Å². The highest BCUT2D eigenvalue weighted by atomic mass is 127. The van der Waals surface area contributed by atoms with Gasteiger partial charge < -0.3 is 127 Å². The number of esters is 6. The highest BCUT2D eigenvalue weighted by molar-refractivity contribution is 14.0. The van der Waals surface area contributed by atoms with Crippen molar-refractivity contribution in [1.29, 1.82) is 0 Å². The molecule has 8 saturated heterocycles. The Bertz CT molecular complexity index is 5180. The number of fused-ring (bicyclic) bond motifs is 20. The molecule has 8 heterocycles. The van der Waals surface area contributed by atoms with Crippen molar-refractivity contribution in [3.05, 3.63) is 166 Å². The summed E-state index contributed by atoms with van der Waals surface area (Å²) in [5.41, 5.74) is -12.5. The van der Waals surface area contributed by atoms with Crippen molar-refractivity contribution in [1.82, 2.24) is 20.9 Å². The maximum Gasteiger partial charge on any atom is 0.408 e. The topological polar surface area (TPSA) is 482 Å². The molecule has 0 aromatic heterocycles. The molecule has 0 spiro atoms. The first-order chi connectivity index (χ1) is 64.6. The van der Waals surface area contributed by atoms with Crippen molar-refractivity contribution in [2.75, 3.05) is 53.2 Å². The molecule has 8 bridgehead atoms. The van der Waals surface area contributed by atoms with Crippen molar-refractivity contribution in [2.24, 2.45) is 33.5 Å². The zero-order valence-corrected chi connectivity index (χ0v) is 84.4. The van der Waals surface area contributed by atoms with Crippen molar-refractivity contribution in [2.45, 2.75) is 325 Å². The molecule has 0 radical (unpaired) electrons. The average molecular weight is 2100 g/mol. The summed E-state index contributed by atoms with van der Waals surface area (Å²) in [7, 11) is 1.00. The Kier molecular flexibility index (Phi) is 33.5. The van der Waals surface area contributed by atoms with Crippen molar-refractivity contribution >= 4 is 90.7 Å². The number of ether oxygens (including phenoxy) is 16. The monoisotopic (exact) mass is 2090 g/mol. The number of amides is 2. The fourth-order valence-corrected chi connectivity index (χ4v) is 24.2. The van der Waals surface area contributed by atoms with Gasteiger partial charge in [0.15, 0.2) is 36.0 Å². The molecule has 36 nitrogen and oxygen atoms in total. The van der Waals surface area contributed by atoms with Crippen LogP contribution in [-0.2, 0) is 99.8 Å². The number of halogens is 2. The second kappa shape index (κ2) is 42.4. The first kappa shape index (κ1) is 111. The van der Waals surface area contributed by atoms with Gasteiger partial charge in [-0.05, 0) is 126 Å². The van der Waals surface area contributed by atoms with Gasteiger partial charge >= 0.3 is 48.0 Å². The first-order valence-corrected chi connectivity index (χ1v) is 47.1. The Morgan fingerprint density at radius 2 is 0.950 bits per heavy atom. The number of likely N-dealkylation sites (tertiary alicyclic amines) is 1. The van der Waals surface area contributed by atoms with E-state index >= 15 is 0 Å². The summed E-state index contributed by atoms with van der Waals surface area (Å²) in [5, 5.41) is 91.8. The van der Waals surface area contributed by atoms with E-state index in [-0.39, 0.29) is 101 Å². The molecule has 6 aliphatic carbocycles. The maximum atomic E-state index is 14.6. The zero-order valence-electron chi connectivity index (χ0n) is 81.3. The molecule has 4 saturated carbocycles. The minimum atomic E-state index is -2.25. The van der Waals surface area contributed by atoms with Crippen LogP contribution in [-0.4, -0.2) is 304 Å². The molecule has 12 fully saturated rings. The van der Waals surface area contributed by atoms with E-state index in [1.807, 2.05) is 6.92 Å². The summed E-state index contributed by atoms with van der Waals surface area (Å²) in [4.78, 5) is 125. The number of rotatable bonds is 19. The van der Waals surface area contributed by atoms with Crippen LogP contribution in [0.2, 0.25) is 0 Å². The third kappa shape index (κ3) is 20.4. The van der Waals surface area contributed by atoms with Crippen LogP contribution in [0.3, 0.4) is 0 Å². The minimum Gasteiger partial charge on any atom is -0.456 e. The number of carbonyl (C=O) groups is 9. The lowest BCUT2D eigenvalue weighted by Crippen LogP contribution is -2.82. The van der Waals surface area contributed by atoms with E-state index < -0.39 is 232 Å². The number of hydrogen-bond donors (Lipinski definition) is 10. The Morgan fingerprint density at radius 1 is 0.550 bits per heavy atom. The fraction of sp³-hybridized carbons (Fsp3) is 0.637. The van der Waals surface area contributed by atoms with E-state index in [0.717, 1.165) is 26.7 Å². The van der Waals surface area contributed by atoms with Gasteiger partial charge in [0.25, 0.3) is 0 Å². The third-order valence-corrected chi connectivity index (χ3v) is 30.9. The van der Waals surface area contributed by atoms with Crippen LogP contribution in [0.25, 0.3) is 0 Å². The minimum absolute atomic E-state index is 0. The maximum absolute atomic E-state index is 14.6. The van der Waals surface area contributed by atoms with Crippen LogP contribution in [0.15, 0.2) is 144 Å². The fourth-order valence-electron chi connectivity index (χ4n) is 24.2. The van der Waals surface area contributed by atoms with E-state index in [4.69, 9.17) is 80.9 Å². The number of aliphatic hydroxyl groups excluding tert-OH is 5. The molecule has 4 aromatic rings. The van der Waals surface area contributed by atoms with Gasteiger partial charge in [0, 0.05) is 94.9 Å². The van der Waals surface area contributed by atoms with Crippen LogP contribution < -0.4 is 16.0 Å². The van der Waals surface area contributed by atoms with Gasteiger partial charge in [0.1, 0.15) is 71.2 Å². The van der Waals surface area contributed by atoms with Gasteiger partial charge in [-0.15, -0.1) is 36.4 Å². The van der Waals surface area contributed by atoms with Gasteiger partial charge in [0.05, 0.1) is 105 Å². The molecule has 4 aromatic carbocycles. The number of aliphatic hydroxyl groups is 7. The highest BCUT2D eigenvalue weighted by Gasteiger charge is 2.82. The van der Waals surface area contributed by atoms with Crippen LogP contribution in [0.4, 0.5) is 9.59 Å².